The van der Waals surface area contributed by atoms with Crippen molar-refractivity contribution in [2.45, 2.75) is 38.1 Å². The molecule has 0 aliphatic carbocycles. The van der Waals surface area contributed by atoms with Crippen LogP contribution in [0.3, 0.4) is 0 Å². The molecule has 1 saturated heterocycles. The minimum Gasteiger partial charge on any atom is -0.396 e. The van der Waals surface area contributed by atoms with Crippen molar-refractivity contribution in [3.63, 3.8) is 0 Å². The number of nitrogens with one attached hydrogen (secondary N) is 1. The van der Waals surface area contributed by atoms with Crippen LogP contribution in [0.2, 0.25) is 0 Å². The number of benzene rings is 1. The van der Waals surface area contributed by atoms with Gasteiger partial charge in [-0.25, -0.2) is 0 Å². The maximum atomic E-state index is 9.58. The van der Waals surface area contributed by atoms with E-state index in [0.717, 1.165) is 6.54 Å². The highest BCUT2D eigenvalue weighted by Gasteiger charge is 2.23. The summed E-state index contributed by atoms with van der Waals surface area (Å²) in [6, 6.07) is 8.95. The second-order valence-corrected chi connectivity index (χ2v) is 4.76. The van der Waals surface area contributed by atoms with E-state index >= 15 is 0 Å². The van der Waals surface area contributed by atoms with Gasteiger partial charge >= 0.3 is 0 Å². The highest BCUT2D eigenvalue weighted by atomic mass is 16.3. The van der Waals surface area contributed by atoms with Gasteiger partial charge in [-0.3, -0.25) is 0 Å². The third kappa shape index (κ3) is 2.63. The summed E-state index contributed by atoms with van der Waals surface area (Å²) in [5.74, 6) is 0.250. The van der Waals surface area contributed by atoms with Crippen molar-refractivity contribution >= 4 is 0 Å². The Hall–Kier alpha value is -0.860. The van der Waals surface area contributed by atoms with Crippen molar-refractivity contribution in [2.24, 2.45) is 0 Å². The zero-order chi connectivity index (χ0) is 11.4. The van der Waals surface area contributed by atoms with E-state index in [1.54, 1.807) is 0 Å². The smallest absolute Gasteiger partial charge is 0.0514 e. The molecule has 1 fully saturated rings. The topological polar surface area (TPSA) is 32.3 Å². The third-order valence-electron chi connectivity index (χ3n) is 3.50. The molecule has 0 amide bonds. The van der Waals surface area contributed by atoms with E-state index in [0.29, 0.717) is 6.04 Å². The summed E-state index contributed by atoms with van der Waals surface area (Å²) in [4.78, 5) is 0. The molecule has 0 bridgehead atoms. The number of hydrogen-bond acceptors (Lipinski definition) is 2. The van der Waals surface area contributed by atoms with E-state index in [-0.39, 0.29) is 12.5 Å². The maximum absolute atomic E-state index is 9.58. The van der Waals surface area contributed by atoms with Gasteiger partial charge in [0.25, 0.3) is 0 Å². The molecule has 88 valence electrons. The minimum absolute atomic E-state index is 0.237. The van der Waals surface area contributed by atoms with Crippen LogP contribution >= 0.6 is 0 Å². The van der Waals surface area contributed by atoms with Gasteiger partial charge in [-0.05, 0) is 31.9 Å². The van der Waals surface area contributed by atoms with E-state index in [4.69, 9.17) is 0 Å². The summed E-state index contributed by atoms with van der Waals surface area (Å²) in [5.41, 5.74) is 2.54. The van der Waals surface area contributed by atoms with Crippen LogP contribution in [-0.4, -0.2) is 24.3 Å². The molecule has 2 atom stereocenters. The molecule has 0 spiro atoms. The van der Waals surface area contributed by atoms with E-state index in [1.165, 1.54) is 30.4 Å². The zero-order valence-electron chi connectivity index (χ0n) is 9.95. The summed E-state index contributed by atoms with van der Waals surface area (Å²) in [6.45, 7) is 3.43. The van der Waals surface area contributed by atoms with Crippen LogP contribution < -0.4 is 5.32 Å². The largest absolute Gasteiger partial charge is 0.396 e. The lowest BCUT2D eigenvalue weighted by Crippen LogP contribution is -2.40. The number of rotatable bonds is 3. The van der Waals surface area contributed by atoms with Gasteiger partial charge < -0.3 is 10.4 Å². The van der Waals surface area contributed by atoms with Gasteiger partial charge in [0.1, 0.15) is 0 Å². The van der Waals surface area contributed by atoms with Gasteiger partial charge in [0.05, 0.1) is 6.61 Å². The fourth-order valence-corrected chi connectivity index (χ4v) is 2.59. The number of piperidine rings is 1. The lowest BCUT2D eigenvalue weighted by molar-refractivity contribution is 0.219. The second-order valence-electron chi connectivity index (χ2n) is 4.76. The van der Waals surface area contributed by atoms with Gasteiger partial charge in [-0.1, -0.05) is 36.2 Å². The Bertz CT molecular complexity index is 331. The normalized spacial score (nSPS) is 23.0. The molecule has 0 aromatic heterocycles. The average Bonchev–Trinajstić information content (AvgIpc) is 2.31. The highest BCUT2D eigenvalue weighted by Crippen LogP contribution is 2.25. The van der Waals surface area contributed by atoms with Crippen molar-refractivity contribution < 1.29 is 5.11 Å². The van der Waals surface area contributed by atoms with Crippen LogP contribution in [0.25, 0.3) is 0 Å². The second kappa shape index (κ2) is 5.46. The molecule has 1 heterocycles. The molecule has 16 heavy (non-hydrogen) atoms. The number of aliphatic hydroxyl groups excluding tert-OH is 1. The Morgan fingerprint density at radius 3 is 2.94 bits per heavy atom. The third-order valence-corrected chi connectivity index (χ3v) is 3.50. The predicted octanol–water partition coefficient (Wildman–Crippen LogP) is 2.21. The van der Waals surface area contributed by atoms with Crippen molar-refractivity contribution in [3.05, 3.63) is 35.4 Å². The zero-order valence-corrected chi connectivity index (χ0v) is 9.95. The molecule has 2 nitrogen and oxygen atoms in total. The van der Waals surface area contributed by atoms with Crippen molar-refractivity contribution in [1.29, 1.82) is 0 Å². The summed E-state index contributed by atoms with van der Waals surface area (Å²) in [6.07, 6.45) is 3.72. The van der Waals surface area contributed by atoms with E-state index in [9.17, 15) is 5.11 Å². The lowest BCUT2D eigenvalue weighted by Gasteiger charge is -2.30. The van der Waals surface area contributed by atoms with Gasteiger partial charge in [0, 0.05) is 12.0 Å². The molecule has 0 saturated carbocycles. The molecule has 2 unspecified atom stereocenters. The van der Waals surface area contributed by atoms with Crippen LogP contribution in [0.1, 0.15) is 36.3 Å². The van der Waals surface area contributed by atoms with Crippen LogP contribution in [0, 0.1) is 6.92 Å². The Balaban J connectivity index is 2.14. The molecule has 1 aliphatic rings. The SMILES string of the molecule is Cc1cccc(C(CO)C2CCCCN2)c1. The Kier molecular flexibility index (Phi) is 3.97. The van der Waals surface area contributed by atoms with E-state index in [2.05, 4.69) is 36.5 Å². The number of aliphatic hydroxyl groups is 1. The number of aryl methyl sites for hydroxylation is 1. The first kappa shape index (κ1) is 11.6. The van der Waals surface area contributed by atoms with Crippen molar-refractivity contribution in [3.8, 4) is 0 Å². The highest BCUT2D eigenvalue weighted by molar-refractivity contribution is 5.27. The van der Waals surface area contributed by atoms with Gasteiger partial charge in [0.2, 0.25) is 0 Å². The monoisotopic (exact) mass is 219 g/mol. The standard InChI is InChI=1S/C14H21NO/c1-11-5-4-6-12(9-11)13(10-16)14-7-2-3-8-15-14/h4-6,9,13-16H,2-3,7-8,10H2,1H3. The number of hydrogen-bond donors (Lipinski definition) is 2. The van der Waals surface area contributed by atoms with Crippen LogP contribution in [0.4, 0.5) is 0 Å². The summed E-state index contributed by atoms with van der Waals surface area (Å²) in [5, 5.41) is 13.1. The van der Waals surface area contributed by atoms with Crippen LogP contribution in [0.15, 0.2) is 24.3 Å². The van der Waals surface area contributed by atoms with Crippen molar-refractivity contribution in [1.82, 2.24) is 5.32 Å². The molecule has 2 heteroatoms. The first-order valence-corrected chi connectivity index (χ1v) is 6.22. The molecule has 1 aromatic carbocycles. The van der Waals surface area contributed by atoms with E-state index < -0.39 is 0 Å². The fourth-order valence-electron chi connectivity index (χ4n) is 2.59. The lowest BCUT2D eigenvalue weighted by atomic mass is 9.86. The minimum atomic E-state index is 0.237. The Morgan fingerprint density at radius 1 is 1.44 bits per heavy atom. The Morgan fingerprint density at radius 2 is 2.31 bits per heavy atom. The van der Waals surface area contributed by atoms with Crippen molar-refractivity contribution in [2.75, 3.05) is 13.2 Å². The quantitative estimate of drug-likeness (QED) is 0.817. The molecule has 0 radical (unpaired) electrons. The predicted molar refractivity (Wildman–Crippen MR) is 66.6 cm³/mol. The molecule has 2 rings (SSSR count). The van der Waals surface area contributed by atoms with Gasteiger partial charge in [-0.15, -0.1) is 0 Å². The molecule has 1 aromatic rings. The first-order chi connectivity index (χ1) is 7.81. The average molecular weight is 219 g/mol. The maximum Gasteiger partial charge on any atom is 0.0514 e. The molecule has 1 aliphatic heterocycles. The molecule has 2 N–H and O–H groups in total. The van der Waals surface area contributed by atoms with Gasteiger partial charge in [-0.2, -0.15) is 0 Å². The van der Waals surface area contributed by atoms with Crippen LogP contribution in [-0.2, 0) is 0 Å². The summed E-state index contributed by atoms with van der Waals surface area (Å²) < 4.78 is 0. The van der Waals surface area contributed by atoms with E-state index in [1.807, 2.05) is 0 Å². The fraction of sp³-hybridized carbons (Fsp3) is 0.571. The first-order valence-electron chi connectivity index (χ1n) is 6.22. The molecular weight excluding hydrogens is 198 g/mol. The molecular formula is C14H21NO. The Labute approximate surface area is 97.7 Å². The van der Waals surface area contributed by atoms with Gasteiger partial charge in [0.15, 0.2) is 0 Å². The van der Waals surface area contributed by atoms with Crippen LogP contribution in [0.5, 0.6) is 0 Å². The summed E-state index contributed by atoms with van der Waals surface area (Å²) >= 11 is 0. The summed E-state index contributed by atoms with van der Waals surface area (Å²) in [7, 11) is 0.